The van der Waals surface area contributed by atoms with Gasteiger partial charge in [0, 0.05) is 26.2 Å². The molecule has 0 bridgehead atoms. The lowest BCUT2D eigenvalue weighted by Gasteiger charge is -2.31. The Balaban J connectivity index is 1.57. The van der Waals surface area contributed by atoms with Crippen molar-refractivity contribution in [3.8, 4) is 0 Å². The van der Waals surface area contributed by atoms with Gasteiger partial charge in [0.05, 0.1) is 18.3 Å². The lowest BCUT2D eigenvalue weighted by molar-refractivity contribution is 0.145. The molecule has 0 atom stereocenters. The number of benzene rings is 2. The van der Waals surface area contributed by atoms with E-state index in [0.29, 0.717) is 50.7 Å². The third kappa shape index (κ3) is 6.66. The predicted octanol–water partition coefficient (Wildman–Crippen LogP) is 3.53. The number of anilines is 1. The standard InChI is InChI=1S/C24H32F2N4O/c1-3-27-24(28-11-8-19-5-6-20(25)14-17(19)2)29-16-18-4-7-23(22(26)15-18)30-12-9-21(31)10-13-30/h4-7,14-15,21,31H,3,8-13,16H2,1-2H3,(H2,27,28,29). The van der Waals surface area contributed by atoms with Crippen molar-refractivity contribution in [2.75, 3.05) is 31.1 Å². The molecule has 0 spiro atoms. The number of halogens is 2. The van der Waals surface area contributed by atoms with E-state index in [9.17, 15) is 13.9 Å². The van der Waals surface area contributed by atoms with Gasteiger partial charge in [-0.25, -0.2) is 13.8 Å². The van der Waals surface area contributed by atoms with Crippen LogP contribution in [-0.2, 0) is 13.0 Å². The molecule has 1 fully saturated rings. The maximum absolute atomic E-state index is 14.7. The highest BCUT2D eigenvalue weighted by Gasteiger charge is 2.19. The molecule has 31 heavy (non-hydrogen) atoms. The van der Waals surface area contributed by atoms with Crippen LogP contribution in [0.4, 0.5) is 14.5 Å². The molecule has 2 aromatic rings. The molecule has 1 saturated heterocycles. The molecular weight excluding hydrogens is 398 g/mol. The Morgan fingerprint density at radius 2 is 1.90 bits per heavy atom. The van der Waals surface area contributed by atoms with E-state index < -0.39 is 0 Å². The van der Waals surface area contributed by atoms with Crippen LogP contribution in [0.2, 0.25) is 0 Å². The number of rotatable bonds is 7. The molecule has 3 rings (SSSR count). The van der Waals surface area contributed by atoms with Crippen molar-refractivity contribution in [3.63, 3.8) is 0 Å². The van der Waals surface area contributed by atoms with Crippen LogP contribution < -0.4 is 15.5 Å². The van der Waals surface area contributed by atoms with Crippen LogP contribution >= 0.6 is 0 Å². The molecule has 0 saturated carbocycles. The van der Waals surface area contributed by atoms with Crippen molar-refractivity contribution in [2.24, 2.45) is 4.99 Å². The average Bonchev–Trinajstić information content (AvgIpc) is 2.74. The highest BCUT2D eigenvalue weighted by atomic mass is 19.1. The number of aryl methyl sites for hydroxylation is 1. The molecule has 0 aliphatic carbocycles. The van der Waals surface area contributed by atoms with E-state index >= 15 is 0 Å². The zero-order valence-corrected chi connectivity index (χ0v) is 18.3. The van der Waals surface area contributed by atoms with Crippen molar-refractivity contribution < 1.29 is 13.9 Å². The summed E-state index contributed by atoms with van der Waals surface area (Å²) in [5, 5.41) is 16.1. The van der Waals surface area contributed by atoms with Gasteiger partial charge in [0.15, 0.2) is 5.96 Å². The van der Waals surface area contributed by atoms with Gasteiger partial charge in [-0.1, -0.05) is 12.1 Å². The van der Waals surface area contributed by atoms with Gasteiger partial charge < -0.3 is 20.6 Å². The van der Waals surface area contributed by atoms with Gasteiger partial charge in [0.2, 0.25) is 0 Å². The first-order valence-corrected chi connectivity index (χ1v) is 10.9. The molecule has 1 aliphatic rings. The first-order chi connectivity index (χ1) is 15.0. The number of hydrogen-bond donors (Lipinski definition) is 3. The van der Waals surface area contributed by atoms with Crippen molar-refractivity contribution >= 4 is 11.6 Å². The summed E-state index contributed by atoms with van der Waals surface area (Å²) >= 11 is 0. The molecule has 7 heteroatoms. The molecule has 2 aromatic carbocycles. The number of guanidine groups is 1. The number of aliphatic imine (C=N–C) groups is 1. The summed E-state index contributed by atoms with van der Waals surface area (Å²) in [6.07, 6.45) is 1.81. The van der Waals surface area contributed by atoms with Crippen molar-refractivity contribution in [1.82, 2.24) is 10.6 Å². The van der Waals surface area contributed by atoms with E-state index in [4.69, 9.17) is 0 Å². The minimum absolute atomic E-state index is 0.222. The van der Waals surface area contributed by atoms with E-state index in [1.807, 2.05) is 30.9 Å². The van der Waals surface area contributed by atoms with Crippen LogP contribution in [0.15, 0.2) is 41.4 Å². The normalized spacial score (nSPS) is 15.3. The second-order valence-electron chi connectivity index (χ2n) is 7.95. The maximum atomic E-state index is 14.7. The number of aliphatic hydroxyl groups excluding tert-OH is 1. The molecule has 0 amide bonds. The Bertz CT molecular complexity index is 895. The molecule has 0 aromatic heterocycles. The number of hydrogen-bond acceptors (Lipinski definition) is 3. The Kier molecular flexibility index (Phi) is 8.23. The minimum atomic E-state index is -0.281. The fourth-order valence-corrected chi connectivity index (χ4v) is 3.78. The van der Waals surface area contributed by atoms with Crippen molar-refractivity contribution in [3.05, 3.63) is 64.7 Å². The van der Waals surface area contributed by atoms with E-state index in [-0.39, 0.29) is 17.7 Å². The largest absolute Gasteiger partial charge is 0.393 e. The first-order valence-electron chi connectivity index (χ1n) is 10.9. The monoisotopic (exact) mass is 430 g/mol. The molecule has 3 N–H and O–H groups in total. The van der Waals surface area contributed by atoms with E-state index in [1.165, 1.54) is 12.1 Å². The fourth-order valence-electron chi connectivity index (χ4n) is 3.78. The van der Waals surface area contributed by atoms with Gasteiger partial charge in [0.1, 0.15) is 11.6 Å². The summed E-state index contributed by atoms with van der Waals surface area (Å²) < 4.78 is 27.9. The molecule has 168 valence electrons. The van der Waals surface area contributed by atoms with Gasteiger partial charge in [-0.15, -0.1) is 0 Å². The van der Waals surface area contributed by atoms with E-state index in [1.54, 1.807) is 12.1 Å². The Morgan fingerprint density at radius 1 is 1.13 bits per heavy atom. The third-order valence-electron chi connectivity index (χ3n) is 5.57. The van der Waals surface area contributed by atoms with Gasteiger partial charge in [0.25, 0.3) is 0 Å². The Morgan fingerprint density at radius 3 is 2.58 bits per heavy atom. The quantitative estimate of drug-likeness (QED) is 0.465. The van der Waals surface area contributed by atoms with Crippen LogP contribution in [0.25, 0.3) is 0 Å². The second-order valence-corrected chi connectivity index (χ2v) is 7.95. The zero-order chi connectivity index (χ0) is 22.2. The fraction of sp³-hybridized carbons (Fsp3) is 0.458. The van der Waals surface area contributed by atoms with Crippen molar-refractivity contribution in [2.45, 2.75) is 45.8 Å². The number of nitrogens with zero attached hydrogens (tertiary/aromatic N) is 2. The summed E-state index contributed by atoms with van der Waals surface area (Å²) in [5.74, 6) is 0.186. The number of piperidine rings is 1. The molecule has 1 aliphatic heterocycles. The predicted molar refractivity (Wildman–Crippen MR) is 122 cm³/mol. The van der Waals surface area contributed by atoms with Crippen LogP contribution in [0, 0.1) is 18.6 Å². The van der Waals surface area contributed by atoms with E-state index in [0.717, 1.165) is 29.7 Å². The number of nitrogens with one attached hydrogen (secondary N) is 2. The van der Waals surface area contributed by atoms with Crippen LogP contribution in [0.1, 0.15) is 36.5 Å². The van der Waals surface area contributed by atoms with Crippen LogP contribution in [-0.4, -0.2) is 43.3 Å². The van der Waals surface area contributed by atoms with Gasteiger partial charge in [-0.3, -0.25) is 0 Å². The van der Waals surface area contributed by atoms with Crippen LogP contribution in [0.5, 0.6) is 0 Å². The first kappa shape index (κ1) is 23.0. The van der Waals surface area contributed by atoms with Crippen LogP contribution in [0.3, 0.4) is 0 Å². The highest BCUT2D eigenvalue weighted by Crippen LogP contribution is 2.24. The third-order valence-corrected chi connectivity index (χ3v) is 5.57. The summed E-state index contributed by atoms with van der Waals surface area (Å²) in [7, 11) is 0. The van der Waals surface area contributed by atoms with Gasteiger partial charge >= 0.3 is 0 Å². The zero-order valence-electron chi connectivity index (χ0n) is 18.3. The van der Waals surface area contributed by atoms with E-state index in [2.05, 4.69) is 15.6 Å². The summed E-state index contributed by atoms with van der Waals surface area (Å²) in [6.45, 7) is 6.96. The maximum Gasteiger partial charge on any atom is 0.191 e. The molecule has 1 heterocycles. The molecule has 0 radical (unpaired) electrons. The second kappa shape index (κ2) is 11.1. The van der Waals surface area contributed by atoms with Gasteiger partial charge in [-0.2, -0.15) is 0 Å². The van der Waals surface area contributed by atoms with Gasteiger partial charge in [-0.05, 0) is 74.1 Å². The van der Waals surface area contributed by atoms with Crippen molar-refractivity contribution in [1.29, 1.82) is 0 Å². The smallest absolute Gasteiger partial charge is 0.191 e. The number of aliphatic hydroxyl groups is 1. The lowest BCUT2D eigenvalue weighted by atomic mass is 10.1. The molecule has 5 nitrogen and oxygen atoms in total. The topological polar surface area (TPSA) is 59.9 Å². The SMILES string of the molecule is CCNC(=NCc1ccc(N2CCC(O)CC2)c(F)c1)NCCc1ccc(F)cc1C. The summed E-state index contributed by atoms with van der Waals surface area (Å²) in [6, 6.07) is 10.1. The Labute approximate surface area is 183 Å². The summed E-state index contributed by atoms with van der Waals surface area (Å²) in [5.41, 5.74) is 3.40. The Hall–Kier alpha value is -2.67. The average molecular weight is 431 g/mol. The lowest BCUT2D eigenvalue weighted by Crippen LogP contribution is -2.38. The molecule has 0 unspecified atom stereocenters. The molecular formula is C24H32F2N4O. The summed E-state index contributed by atoms with van der Waals surface area (Å²) in [4.78, 5) is 6.55. The minimum Gasteiger partial charge on any atom is -0.393 e. The highest BCUT2D eigenvalue weighted by molar-refractivity contribution is 5.79.